The van der Waals surface area contributed by atoms with E-state index in [1.54, 1.807) is 23.6 Å². The average Bonchev–Trinajstić information content (AvgIpc) is 3.50. The molecule has 0 aliphatic carbocycles. The lowest BCUT2D eigenvalue weighted by Crippen LogP contribution is -2.57. The Morgan fingerprint density at radius 1 is 1.16 bits per heavy atom. The number of rotatable bonds is 9. The van der Waals surface area contributed by atoms with E-state index in [2.05, 4.69) is 21.2 Å². The molecule has 0 saturated carbocycles. The minimum atomic E-state index is -0.816. The first-order valence-electron chi connectivity index (χ1n) is 12.7. The highest BCUT2D eigenvalue weighted by Crippen LogP contribution is 2.68. The predicted molar refractivity (Wildman–Crippen MR) is 145 cm³/mol. The van der Waals surface area contributed by atoms with Gasteiger partial charge in [-0.15, -0.1) is 11.8 Å². The average molecular weight is 588 g/mol. The summed E-state index contributed by atoms with van der Waals surface area (Å²) in [6, 6.07) is 17.8. The van der Waals surface area contributed by atoms with E-state index < -0.39 is 34.6 Å². The molecule has 5 rings (SSSR count). The second-order valence-corrected chi connectivity index (χ2v) is 12.6. The van der Waals surface area contributed by atoms with E-state index in [-0.39, 0.29) is 35.1 Å². The largest absolute Gasteiger partial charge is 0.466 e. The third-order valence-electron chi connectivity index (χ3n) is 7.76. The van der Waals surface area contributed by atoms with Crippen molar-refractivity contribution in [2.75, 3.05) is 13.2 Å². The van der Waals surface area contributed by atoms with Crippen molar-refractivity contribution in [2.24, 2.45) is 11.8 Å². The minimum absolute atomic E-state index is 0.0259. The van der Waals surface area contributed by atoms with Gasteiger partial charge in [-0.25, -0.2) is 0 Å². The van der Waals surface area contributed by atoms with Crippen LogP contribution in [0.25, 0.3) is 0 Å². The molecule has 37 heavy (non-hydrogen) atoms. The number of ether oxygens (including phenoxy) is 1. The summed E-state index contributed by atoms with van der Waals surface area (Å²) in [6.45, 7) is 2.02. The van der Waals surface area contributed by atoms with Crippen molar-refractivity contribution in [3.8, 4) is 0 Å². The summed E-state index contributed by atoms with van der Waals surface area (Å²) < 4.78 is 4.63. The number of hydrogen-bond acceptors (Lipinski definition) is 6. The maximum atomic E-state index is 14.2. The Bertz CT molecular complexity index is 1150. The molecular weight excluding hydrogens is 556 g/mol. The molecule has 3 unspecified atom stereocenters. The Balaban J connectivity index is 1.52. The van der Waals surface area contributed by atoms with Crippen LogP contribution < -0.4 is 5.32 Å². The number of hydrogen-bond donors (Lipinski definition) is 2. The van der Waals surface area contributed by atoms with Gasteiger partial charge < -0.3 is 20.1 Å². The molecule has 7 nitrogen and oxygen atoms in total. The van der Waals surface area contributed by atoms with E-state index in [9.17, 15) is 19.5 Å². The van der Waals surface area contributed by atoms with E-state index in [0.29, 0.717) is 19.4 Å². The summed E-state index contributed by atoms with van der Waals surface area (Å²) in [7, 11) is 0. The van der Waals surface area contributed by atoms with Crippen molar-refractivity contribution in [2.45, 2.75) is 53.2 Å². The zero-order chi connectivity index (χ0) is 26.2. The fourth-order valence-electron chi connectivity index (χ4n) is 6.29. The molecule has 2 aromatic carbocycles. The van der Waals surface area contributed by atoms with Gasteiger partial charge in [-0.05, 0) is 30.9 Å². The van der Waals surface area contributed by atoms with Gasteiger partial charge in [-0.1, -0.05) is 76.6 Å². The number of amides is 2. The fraction of sp³-hybridized carbons (Fsp3) is 0.464. The van der Waals surface area contributed by atoms with Crippen LogP contribution in [0.4, 0.5) is 0 Å². The second-order valence-electron chi connectivity index (χ2n) is 9.89. The molecule has 2 N–H and O–H groups in total. The number of nitrogens with zero attached hydrogens (tertiary/aromatic N) is 1. The predicted octanol–water partition coefficient (Wildman–Crippen LogP) is 2.93. The maximum Gasteiger partial charge on any atom is 0.310 e. The third kappa shape index (κ3) is 4.59. The molecule has 3 aliphatic heterocycles. The molecule has 196 valence electrons. The summed E-state index contributed by atoms with van der Waals surface area (Å²) in [5.74, 6) is -2.21. The van der Waals surface area contributed by atoms with Gasteiger partial charge >= 0.3 is 5.97 Å². The monoisotopic (exact) mass is 586 g/mol. The Hall–Kier alpha value is -2.36. The number of carbonyl (C=O) groups excluding carboxylic acids is 3. The quantitative estimate of drug-likeness (QED) is 0.346. The van der Waals surface area contributed by atoms with E-state index in [4.69, 9.17) is 4.74 Å². The van der Waals surface area contributed by atoms with Crippen molar-refractivity contribution < 1.29 is 24.2 Å². The molecule has 0 radical (unpaired) electrons. The molecule has 2 amide bonds. The second kappa shape index (κ2) is 10.8. The first-order chi connectivity index (χ1) is 17.9. The van der Waals surface area contributed by atoms with Gasteiger partial charge in [-0.3, -0.25) is 14.4 Å². The van der Waals surface area contributed by atoms with Crippen LogP contribution in [0.5, 0.6) is 0 Å². The van der Waals surface area contributed by atoms with E-state index in [1.165, 1.54) is 0 Å². The molecule has 1 spiro atoms. The van der Waals surface area contributed by atoms with Crippen molar-refractivity contribution in [1.82, 2.24) is 10.2 Å². The van der Waals surface area contributed by atoms with Gasteiger partial charge in [0.1, 0.15) is 6.04 Å². The summed E-state index contributed by atoms with van der Waals surface area (Å²) in [6.07, 6.45) is 0.988. The topological polar surface area (TPSA) is 95.9 Å². The fourth-order valence-corrected chi connectivity index (χ4v) is 9.87. The lowest BCUT2D eigenvalue weighted by atomic mass is 9.71. The highest BCUT2D eigenvalue weighted by Gasteiger charge is 2.76. The van der Waals surface area contributed by atoms with Crippen molar-refractivity contribution in [1.29, 1.82) is 0 Å². The highest BCUT2D eigenvalue weighted by atomic mass is 79.9. The molecule has 3 heterocycles. The van der Waals surface area contributed by atoms with Crippen LogP contribution in [0.1, 0.15) is 24.5 Å². The number of aliphatic hydroxyl groups excluding tert-OH is 1. The molecule has 3 fully saturated rings. The maximum absolute atomic E-state index is 14.2. The zero-order valence-corrected chi connectivity index (χ0v) is 23.0. The zero-order valence-electron chi connectivity index (χ0n) is 20.6. The Morgan fingerprint density at radius 3 is 2.43 bits per heavy atom. The van der Waals surface area contributed by atoms with Crippen molar-refractivity contribution >= 4 is 45.5 Å². The summed E-state index contributed by atoms with van der Waals surface area (Å²) in [5.41, 5.74) is 1.92. The van der Waals surface area contributed by atoms with Crippen molar-refractivity contribution in [3.05, 3.63) is 71.8 Å². The number of fused-ring (bicyclic) bond motifs is 1. The Kier molecular flexibility index (Phi) is 7.65. The number of nitrogens with one attached hydrogen (secondary N) is 1. The molecule has 2 bridgehead atoms. The first-order valence-corrected chi connectivity index (χ1v) is 14.5. The van der Waals surface area contributed by atoms with Crippen LogP contribution in [0, 0.1) is 11.8 Å². The molecule has 0 aromatic heterocycles. The number of halogens is 1. The molecule has 3 saturated heterocycles. The number of aliphatic hydroxyl groups is 1. The molecule has 7 atom stereocenters. The number of carbonyl (C=O) groups is 3. The standard InChI is InChI=1S/C28H31BrN2O5S/c1-2-36-27(35)21-22-26(34)31(19(16-32)13-17-9-5-3-6-10-17)24(28(22)14-20(29)23(21)37-28)25(33)30-15-18-11-7-4-8-12-18/h3-12,19-24,32H,2,13-16H2,1H3,(H,30,33)/t19-,20?,21-,22+,23-,24?,28?/m1/s1. The number of likely N-dealkylation sites (tertiary alicyclic amines) is 1. The normalized spacial score (nSPS) is 30.7. The molecule has 2 aromatic rings. The minimum Gasteiger partial charge on any atom is -0.466 e. The number of thioether (sulfide) groups is 1. The van der Waals surface area contributed by atoms with Crippen molar-refractivity contribution in [3.63, 3.8) is 0 Å². The van der Waals surface area contributed by atoms with Crippen LogP contribution in [0.15, 0.2) is 60.7 Å². The highest BCUT2D eigenvalue weighted by molar-refractivity contribution is 9.09. The summed E-state index contributed by atoms with van der Waals surface area (Å²) >= 11 is 5.31. The van der Waals surface area contributed by atoms with Gasteiger partial charge in [0.05, 0.1) is 35.8 Å². The van der Waals surface area contributed by atoms with Gasteiger partial charge in [0.15, 0.2) is 0 Å². The number of benzene rings is 2. The van der Waals surface area contributed by atoms with Crippen LogP contribution in [0.3, 0.4) is 0 Å². The van der Waals surface area contributed by atoms with Crippen LogP contribution in [-0.2, 0) is 32.1 Å². The Morgan fingerprint density at radius 2 is 1.81 bits per heavy atom. The van der Waals surface area contributed by atoms with Gasteiger partial charge in [0.2, 0.25) is 11.8 Å². The summed E-state index contributed by atoms with van der Waals surface area (Å²) in [4.78, 5) is 42.8. The van der Waals surface area contributed by atoms with E-state index in [0.717, 1.165) is 11.1 Å². The van der Waals surface area contributed by atoms with E-state index in [1.807, 2.05) is 60.7 Å². The van der Waals surface area contributed by atoms with E-state index >= 15 is 0 Å². The molecule has 3 aliphatic rings. The SMILES string of the molecule is CCOC(=O)[C@H]1[C@@H]2SC3(CC2Br)C(C(=O)NCc2ccccc2)N([C@@H](CO)Cc2ccccc2)C(=O)[C@H]13. The van der Waals surface area contributed by atoms with Gasteiger partial charge in [0.25, 0.3) is 0 Å². The van der Waals surface area contributed by atoms with Crippen LogP contribution in [-0.4, -0.2) is 67.9 Å². The smallest absolute Gasteiger partial charge is 0.310 e. The lowest BCUT2D eigenvalue weighted by Gasteiger charge is -2.37. The molecular formula is C28H31BrN2O5S. The first kappa shape index (κ1) is 26.3. The number of esters is 1. The third-order valence-corrected chi connectivity index (χ3v) is 11.0. The van der Waals surface area contributed by atoms with Gasteiger partial charge in [-0.2, -0.15) is 0 Å². The molecule has 9 heteroatoms. The summed E-state index contributed by atoms with van der Waals surface area (Å²) in [5, 5.41) is 13.4. The van der Waals surface area contributed by atoms with Gasteiger partial charge in [0, 0.05) is 16.6 Å². The lowest BCUT2D eigenvalue weighted by molar-refractivity contribution is -0.154. The van der Waals surface area contributed by atoms with Crippen LogP contribution >= 0.6 is 27.7 Å². The Labute approximate surface area is 229 Å². The van der Waals surface area contributed by atoms with Crippen LogP contribution in [0.2, 0.25) is 0 Å². The number of alkyl halides is 1.